The Bertz CT molecular complexity index is 327. The lowest BCUT2D eigenvalue weighted by Crippen LogP contribution is -2.05. The van der Waals surface area contributed by atoms with Crippen molar-refractivity contribution in [3.05, 3.63) is 29.8 Å². The van der Waals surface area contributed by atoms with Crippen molar-refractivity contribution in [3.8, 4) is 11.5 Å². The fraction of sp³-hybridized carbons (Fsp3) is 0.333. The molecule has 1 rings (SSSR count). The first-order valence-electron chi connectivity index (χ1n) is 4.76. The highest BCUT2D eigenvalue weighted by molar-refractivity contribution is 5.55. The van der Waals surface area contributed by atoms with Crippen LogP contribution < -0.4 is 4.74 Å². The summed E-state index contributed by atoms with van der Waals surface area (Å²) in [7, 11) is 0. The molecule has 0 amide bonds. The molecule has 0 bridgehead atoms. The van der Waals surface area contributed by atoms with Crippen LogP contribution >= 0.6 is 0 Å². The first-order chi connectivity index (χ1) is 6.63. The Kier molecular flexibility index (Phi) is 3.57. The van der Waals surface area contributed by atoms with Gasteiger partial charge in [-0.3, -0.25) is 0 Å². The monoisotopic (exact) mass is 192 g/mol. The summed E-state index contributed by atoms with van der Waals surface area (Å²) >= 11 is 0. The summed E-state index contributed by atoms with van der Waals surface area (Å²) in [6.45, 7) is 5.82. The van der Waals surface area contributed by atoms with Gasteiger partial charge in [0.05, 0.1) is 6.10 Å². The molecule has 0 aromatic heterocycles. The molecule has 2 nitrogen and oxygen atoms in total. The molecule has 0 aliphatic heterocycles. The highest BCUT2D eigenvalue weighted by Crippen LogP contribution is 2.28. The summed E-state index contributed by atoms with van der Waals surface area (Å²) < 4.78 is 5.45. The summed E-state index contributed by atoms with van der Waals surface area (Å²) in [6, 6.07) is 5.32. The quantitative estimate of drug-likeness (QED) is 0.796. The predicted octanol–water partition coefficient (Wildman–Crippen LogP) is 3.21. The average Bonchev–Trinajstić information content (AvgIpc) is 2.10. The second kappa shape index (κ2) is 4.70. The van der Waals surface area contributed by atoms with E-state index in [0.29, 0.717) is 5.75 Å². The van der Waals surface area contributed by atoms with E-state index in [4.69, 9.17) is 4.74 Å². The van der Waals surface area contributed by atoms with Crippen LogP contribution in [0.4, 0.5) is 0 Å². The van der Waals surface area contributed by atoms with E-state index in [1.54, 1.807) is 6.07 Å². The third-order valence-corrected chi connectivity index (χ3v) is 1.71. The molecule has 14 heavy (non-hydrogen) atoms. The molecule has 0 radical (unpaired) electrons. The van der Waals surface area contributed by atoms with Gasteiger partial charge in [0.1, 0.15) is 0 Å². The summed E-state index contributed by atoms with van der Waals surface area (Å²) in [4.78, 5) is 0. The second-order valence-electron chi connectivity index (χ2n) is 3.39. The molecule has 1 aromatic carbocycles. The molecule has 2 heteroatoms. The number of phenols is 1. The van der Waals surface area contributed by atoms with Crippen molar-refractivity contribution in [2.24, 2.45) is 0 Å². The number of phenolic OH excluding ortho intramolecular Hbond substituents is 1. The van der Waals surface area contributed by atoms with Crippen molar-refractivity contribution in [1.82, 2.24) is 0 Å². The van der Waals surface area contributed by atoms with Crippen molar-refractivity contribution in [1.29, 1.82) is 0 Å². The maximum absolute atomic E-state index is 9.50. The fourth-order valence-corrected chi connectivity index (χ4v) is 1.18. The first kappa shape index (κ1) is 10.6. The molecule has 0 atom stereocenters. The summed E-state index contributed by atoms with van der Waals surface area (Å²) in [5, 5.41) is 9.50. The minimum atomic E-state index is 0.0711. The van der Waals surface area contributed by atoms with Gasteiger partial charge < -0.3 is 9.84 Å². The lowest BCUT2D eigenvalue weighted by Gasteiger charge is -2.11. The van der Waals surface area contributed by atoms with Gasteiger partial charge in [-0.1, -0.05) is 18.2 Å². The smallest absolute Gasteiger partial charge is 0.161 e. The van der Waals surface area contributed by atoms with Crippen molar-refractivity contribution in [2.75, 3.05) is 0 Å². The van der Waals surface area contributed by atoms with E-state index >= 15 is 0 Å². The molecule has 0 saturated heterocycles. The zero-order valence-corrected chi connectivity index (χ0v) is 8.82. The summed E-state index contributed by atoms with van der Waals surface area (Å²) in [5.74, 6) is 0.725. The third kappa shape index (κ3) is 2.80. The Morgan fingerprint density at radius 1 is 1.36 bits per heavy atom. The minimum absolute atomic E-state index is 0.0711. The molecule has 0 heterocycles. The second-order valence-corrected chi connectivity index (χ2v) is 3.39. The van der Waals surface area contributed by atoms with E-state index in [1.165, 1.54) is 0 Å². The van der Waals surface area contributed by atoms with Crippen molar-refractivity contribution < 1.29 is 9.84 Å². The average molecular weight is 192 g/mol. The van der Waals surface area contributed by atoms with Crippen LogP contribution in [0.3, 0.4) is 0 Å². The van der Waals surface area contributed by atoms with Crippen LogP contribution in [0.25, 0.3) is 6.08 Å². The van der Waals surface area contributed by atoms with Crippen LogP contribution in [0.15, 0.2) is 24.3 Å². The Hall–Kier alpha value is -1.44. The van der Waals surface area contributed by atoms with E-state index in [1.807, 2.05) is 45.1 Å². The van der Waals surface area contributed by atoms with Gasteiger partial charge in [0.15, 0.2) is 11.5 Å². The van der Waals surface area contributed by atoms with Gasteiger partial charge in [-0.15, -0.1) is 0 Å². The number of ether oxygens (including phenoxy) is 1. The zero-order chi connectivity index (χ0) is 10.6. The SMILES string of the molecule is CC=Cc1ccc(O)c(OC(C)C)c1. The van der Waals surface area contributed by atoms with Gasteiger partial charge >= 0.3 is 0 Å². The zero-order valence-electron chi connectivity index (χ0n) is 8.82. The van der Waals surface area contributed by atoms with Crippen molar-refractivity contribution in [2.45, 2.75) is 26.9 Å². The van der Waals surface area contributed by atoms with E-state index in [0.717, 1.165) is 5.56 Å². The van der Waals surface area contributed by atoms with Gasteiger partial charge in [0.2, 0.25) is 0 Å². The van der Waals surface area contributed by atoms with E-state index in [9.17, 15) is 5.11 Å². The van der Waals surface area contributed by atoms with Crippen LogP contribution in [0.2, 0.25) is 0 Å². The van der Waals surface area contributed by atoms with Gasteiger partial charge in [0.25, 0.3) is 0 Å². The fourth-order valence-electron chi connectivity index (χ4n) is 1.18. The van der Waals surface area contributed by atoms with E-state index < -0.39 is 0 Å². The molecule has 1 aromatic rings. The number of aromatic hydroxyl groups is 1. The third-order valence-electron chi connectivity index (χ3n) is 1.71. The maximum atomic E-state index is 9.50. The van der Waals surface area contributed by atoms with E-state index in [2.05, 4.69) is 0 Å². The largest absolute Gasteiger partial charge is 0.504 e. The Labute approximate surface area is 84.8 Å². The number of benzene rings is 1. The van der Waals surface area contributed by atoms with Crippen molar-refractivity contribution in [3.63, 3.8) is 0 Å². The topological polar surface area (TPSA) is 29.5 Å². The summed E-state index contributed by atoms with van der Waals surface area (Å²) in [6.07, 6.45) is 3.99. The van der Waals surface area contributed by atoms with Crippen molar-refractivity contribution >= 4 is 6.08 Å². The first-order valence-corrected chi connectivity index (χ1v) is 4.76. The van der Waals surface area contributed by atoms with Gasteiger partial charge in [-0.05, 0) is 38.5 Å². The number of hydrogen-bond donors (Lipinski definition) is 1. The Balaban J connectivity index is 2.96. The Morgan fingerprint density at radius 3 is 2.64 bits per heavy atom. The highest BCUT2D eigenvalue weighted by Gasteiger charge is 2.04. The summed E-state index contributed by atoms with van der Waals surface area (Å²) in [5.41, 5.74) is 1.03. The van der Waals surface area contributed by atoms with Crippen LogP contribution in [-0.4, -0.2) is 11.2 Å². The number of rotatable bonds is 3. The van der Waals surface area contributed by atoms with Gasteiger partial charge in [-0.2, -0.15) is 0 Å². The van der Waals surface area contributed by atoms with Gasteiger partial charge in [-0.25, -0.2) is 0 Å². The van der Waals surface area contributed by atoms with Crippen LogP contribution in [0.1, 0.15) is 26.3 Å². The lowest BCUT2D eigenvalue weighted by molar-refractivity contribution is 0.232. The molecule has 0 aliphatic rings. The molecule has 0 fully saturated rings. The molecule has 1 N–H and O–H groups in total. The molecule has 0 spiro atoms. The van der Waals surface area contributed by atoms with Crippen LogP contribution in [-0.2, 0) is 0 Å². The lowest BCUT2D eigenvalue weighted by atomic mass is 10.2. The van der Waals surface area contributed by atoms with Crippen LogP contribution in [0, 0.1) is 0 Å². The molecule has 0 unspecified atom stereocenters. The predicted molar refractivity (Wildman–Crippen MR) is 58.6 cm³/mol. The molecule has 0 saturated carbocycles. The highest BCUT2D eigenvalue weighted by atomic mass is 16.5. The molecule has 0 aliphatic carbocycles. The number of allylic oxidation sites excluding steroid dienone is 1. The molecular weight excluding hydrogens is 176 g/mol. The van der Waals surface area contributed by atoms with Gasteiger partial charge in [0, 0.05) is 0 Å². The number of hydrogen-bond acceptors (Lipinski definition) is 2. The maximum Gasteiger partial charge on any atom is 0.161 e. The molecule has 76 valence electrons. The normalized spacial score (nSPS) is 11.1. The van der Waals surface area contributed by atoms with Crippen LogP contribution in [0.5, 0.6) is 11.5 Å². The standard InChI is InChI=1S/C12H16O2/c1-4-5-10-6-7-11(13)12(8-10)14-9(2)3/h4-9,13H,1-3H3. The molecular formula is C12H16O2. The Morgan fingerprint density at radius 2 is 2.07 bits per heavy atom. The van der Waals surface area contributed by atoms with E-state index in [-0.39, 0.29) is 11.9 Å². The minimum Gasteiger partial charge on any atom is -0.504 e.